The van der Waals surface area contributed by atoms with Crippen molar-refractivity contribution in [2.45, 2.75) is 30.7 Å². The summed E-state index contributed by atoms with van der Waals surface area (Å²) >= 11 is 1.49. The Morgan fingerprint density at radius 3 is 2.76 bits per heavy atom. The third kappa shape index (κ3) is 6.80. The average molecular weight is 517 g/mol. The molecule has 1 aliphatic heterocycles. The Labute approximate surface area is 221 Å². The minimum Gasteiger partial charge on any atom is -0.395 e. The quantitative estimate of drug-likeness (QED) is 0.158. The van der Waals surface area contributed by atoms with Crippen LogP contribution in [0.25, 0.3) is 10.9 Å². The van der Waals surface area contributed by atoms with Crippen molar-refractivity contribution in [2.24, 2.45) is 0 Å². The Balaban J connectivity index is 1.13. The molecular formula is C28H32N6O2S. The molecule has 0 unspecified atom stereocenters. The van der Waals surface area contributed by atoms with Crippen molar-refractivity contribution in [2.75, 3.05) is 48.1 Å². The van der Waals surface area contributed by atoms with Crippen LogP contribution in [0.15, 0.2) is 64.0 Å². The summed E-state index contributed by atoms with van der Waals surface area (Å²) in [4.78, 5) is 6.83. The summed E-state index contributed by atoms with van der Waals surface area (Å²) in [5, 5.41) is 21.3. The van der Waals surface area contributed by atoms with Gasteiger partial charge in [-0.15, -0.1) is 0 Å². The van der Waals surface area contributed by atoms with Gasteiger partial charge >= 0.3 is 0 Å². The maximum atomic E-state index is 9.15. The molecule has 5 N–H and O–H groups in total. The second kappa shape index (κ2) is 12.1. The summed E-state index contributed by atoms with van der Waals surface area (Å²) < 4.78 is 8.23. The molecule has 0 atom stereocenters. The highest BCUT2D eigenvalue weighted by Crippen LogP contribution is 2.27. The number of benzene rings is 2. The molecule has 0 spiro atoms. The van der Waals surface area contributed by atoms with Crippen molar-refractivity contribution in [1.82, 2.24) is 15.0 Å². The van der Waals surface area contributed by atoms with E-state index >= 15 is 0 Å². The molecule has 37 heavy (non-hydrogen) atoms. The van der Waals surface area contributed by atoms with E-state index in [1.165, 1.54) is 17.3 Å². The van der Waals surface area contributed by atoms with E-state index in [1.54, 1.807) is 0 Å². The van der Waals surface area contributed by atoms with Gasteiger partial charge in [-0.1, -0.05) is 17.1 Å². The average Bonchev–Trinajstić information content (AvgIpc) is 3.53. The highest BCUT2D eigenvalue weighted by molar-refractivity contribution is 8.00. The van der Waals surface area contributed by atoms with E-state index in [0.29, 0.717) is 18.4 Å². The number of aromatic nitrogens is 2. The maximum Gasteiger partial charge on any atom is 0.179 e. The van der Waals surface area contributed by atoms with Gasteiger partial charge in [0.05, 0.1) is 18.8 Å². The van der Waals surface area contributed by atoms with Gasteiger partial charge in [0.25, 0.3) is 0 Å². The number of likely N-dealkylation sites (tertiary alicyclic amines) is 1. The predicted molar refractivity (Wildman–Crippen MR) is 151 cm³/mol. The molecule has 0 amide bonds. The number of hydrogen-bond donors (Lipinski definition) is 5. The molecule has 8 nitrogen and oxygen atoms in total. The van der Waals surface area contributed by atoms with E-state index in [-0.39, 0.29) is 6.61 Å². The molecule has 2 aromatic heterocycles. The summed E-state index contributed by atoms with van der Waals surface area (Å²) in [7, 11) is 0. The Bertz CT molecular complexity index is 1360. The number of aromatic amines is 1. The van der Waals surface area contributed by atoms with Gasteiger partial charge in [-0.3, -0.25) is 0 Å². The molecule has 192 valence electrons. The lowest BCUT2D eigenvalue weighted by molar-refractivity contribution is 0.168. The summed E-state index contributed by atoms with van der Waals surface area (Å²) in [6.45, 7) is 5.46. The van der Waals surface area contributed by atoms with Crippen LogP contribution in [0.3, 0.4) is 0 Å². The third-order valence-corrected chi connectivity index (χ3v) is 7.21. The van der Waals surface area contributed by atoms with Crippen molar-refractivity contribution < 1.29 is 9.63 Å². The fourth-order valence-corrected chi connectivity index (χ4v) is 5.05. The first-order chi connectivity index (χ1) is 18.2. The van der Waals surface area contributed by atoms with Crippen LogP contribution in [0, 0.1) is 18.8 Å². The van der Waals surface area contributed by atoms with E-state index in [2.05, 4.69) is 66.5 Å². The van der Waals surface area contributed by atoms with Crippen LogP contribution in [0.2, 0.25) is 0 Å². The van der Waals surface area contributed by atoms with Crippen molar-refractivity contribution in [3.8, 4) is 11.8 Å². The number of nitrogens with zero attached hydrogens (tertiary/aromatic N) is 2. The van der Waals surface area contributed by atoms with Crippen molar-refractivity contribution in [1.29, 1.82) is 0 Å². The third-order valence-electron chi connectivity index (χ3n) is 6.39. The van der Waals surface area contributed by atoms with Gasteiger partial charge < -0.3 is 34.9 Å². The largest absolute Gasteiger partial charge is 0.395 e. The standard InChI is InChI=1S/C28H32N6O2S/c1-20-18-28(32-36-20)33-37-24-9-7-21(8-10-24)29-13-3-4-23-19-25-26(5-2-6-27(25)31-23)30-22-11-14-34(15-12-22)16-17-35/h2,5-10,18-19,22,29-31,35H,11-17H2,1H3,(H,32,33). The molecule has 4 aromatic rings. The highest BCUT2D eigenvalue weighted by atomic mass is 32.2. The fourth-order valence-electron chi connectivity index (χ4n) is 4.46. The zero-order valence-electron chi connectivity index (χ0n) is 20.9. The molecular weight excluding hydrogens is 484 g/mol. The smallest absolute Gasteiger partial charge is 0.179 e. The van der Waals surface area contributed by atoms with Crippen LogP contribution in [0.1, 0.15) is 24.3 Å². The number of fused-ring (bicyclic) bond motifs is 1. The molecule has 1 saturated heterocycles. The first kappa shape index (κ1) is 25.1. The highest BCUT2D eigenvalue weighted by Gasteiger charge is 2.19. The van der Waals surface area contributed by atoms with Crippen molar-refractivity contribution in [3.63, 3.8) is 0 Å². The summed E-state index contributed by atoms with van der Waals surface area (Å²) in [6, 6.07) is 18.9. The van der Waals surface area contributed by atoms with E-state index < -0.39 is 0 Å². The predicted octanol–water partition coefficient (Wildman–Crippen LogP) is 4.92. The molecule has 3 heterocycles. The van der Waals surface area contributed by atoms with E-state index in [9.17, 15) is 0 Å². The first-order valence-electron chi connectivity index (χ1n) is 12.6. The molecule has 0 saturated carbocycles. The Morgan fingerprint density at radius 2 is 2.00 bits per heavy atom. The zero-order chi connectivity index (χ0) is 25.5. The Morgan fingerprint density at radius 1 is 1.16 bits per heavy atom. The summed E-state index contributed by atoms with van der Waals surface area (Å²) in [5.74, 6) is 7.95. The minimum atomic E-state index is 0.231. The SMILES string of the molecule is Cc1cc(NSc2ccc(NCC#Cc3cc4c(NC5CCN(CCO)CC5)cccc4[nH]3)cc2)no1. The number of hydrogen-bond acceptors (Lipinski definition) is 8. The minimum absolute atomic E-state index is 0.231. The number of nitrogens with one attached hydrogen (secondary N) is 4. The lowest BCUT2D eigenvalue weighted by Crippen LogP contribution is -2.40. The van der Waals surface area contributed by atoms with Crippen LogP contribution in [0.4, 0.5) is 17.2 Å². The van der Waals surface area contributed by atoms with Gasteiger partial charge in [0.2, 0.25) is 0 Å². The summed E-state index contributed by atoms with van der Waals surface area (Å²) in [6.07, 6.45) is 2.16. The van der Waals surface area contributed by atoms with Crippen LogP contribution in [-0.2, 0) is 0 Å². The van der Waals surface area contributed by atoms with Gasteiger partial charge in [-0.25, -0.2) is 0 Å². The maximum absolute atomic E-state index is 9.15. The molecule has 0 aliphatic carbocycles. The number of piperidine rings is 1. The van der Waals surface area contributed by atoms with E-state index in [1.807, 2.05) is 37.3 Å². The number of rotatable bonds is 9. The summed E-state index contributed by atoms with van der Waals surface area (Å²) in [5.41, 5.74) is 4.16. The van der Waals surface area contributed by atoms with Crippen molar-refractivity contribution >= 4 is 40.0 Å². The molecule has 0 radical (unpaired) electrons. The molecule has 0 bridgehead atoms. The van der Waals surface area contributed by atoms with Gasteiger partial charge in [-0.2, -0.15) is 0 Å². The van der Waals surface area contributed by atoms with Crippen LogP contribution >= 0.6 is 11.9 Å². The molecule has 2 aromatic carbocycles. The number of anilines is 3. The Kier molecular flexibility index (Phi) is 8.21. The van der Waals surface area contributed by atoms with Crippen LogP contribution < -0.4 is 15.4 Å². The van der Waals surface area contributed by atoms with E-state index in [0.717, 1.165) is 65.7 Å². The lowest BCUT2D eigenvalue weighted by atomic mass is 10.0. The van der Waals surface area contributed by atoms with Crippen molar-refractivity contribution in [3.05, 3.63) is 66.1 Å². The van der Waals surface area contributed by atoms with Crippen LogP contribution in [0.5, 0.6) is 0 Å². The molecule has 1 fully saturated rings. The molecule has 5 rings (SSSR count). The monoisotopic (exact) mass is 516 g/mol. The number of aryl methyl sites for hydroxylation is 1. The lowest BCUT2D eigenvalue weighted by Gasteiger charge is -2.32. The zero-order valence-corrected chi connectivity index (χ0v) is 21.7. The van der Waals surface area contributed by atoms with Gasteiger partial charge in [0.1, 0.15) is 5.76 Å². The second-order valence-corrected chi connectivity index (χ2v) is 10.0. The normalized spacial score (nSPS) is 14.3. The second-order valence-electron chi connectivity index (χ2n) is 9.14. The first-order valence-corrected chi connectivity index (χ1v) is 13.4. The van der Waals surface area contributed by atoms with Gasteiger partial charge in [0, 0.05) is 58.9 Å². The van der Waals surface area contributed by atoms with Crippen LogP contribution in [-0.4, -0.2) is 59.0 Å². The number of aliphatic hydroxyl groups excluding tert-OH is 1. The molecule has 9 heteroatoms. The molecule has 1 aliphatic rings. The van der Waals surface area contributed by atoms with E-state index in [4.69, 9.17) is 9.63 Å². The Hall–Kier alpha value is -3.58. The fraction of sp³-hybridized carbons (Fsp3) is 0.321. The van der Waals surface area contributed by atoms with Gasteiger partial charge in [-0.05, 0) is 80.1 Å². The number of aliphatic hydroxyl groups is 1. The topological polar surface area (TPSA) is 101 Å². The number of H-pyrrole nitrogens is 1. The van der Waals surface area contributed by atoms with Gasteiger partial charge in [0.15, 0.2) is 5.82 Å². The number of β-amino-alcohol motifs (C(OH)–C–C–N with tert-alkyl or cyclic N) is 1.